The molecule has 3 aromatic rings. The number of aromatic amines is 1. The van der Waals surface area contributed by atoms with Crippen molar-refractivity contribution in [2.45, 2.75) is 63.7 Å². The second-order valence-corrected chi connectivity index (χ2v) is 10.1. The van der Waals surface area contributed by atoms with Gasteiger partial charge in [0.15, 0.2) is 17.6 Å². The summed E-state index contributed by atoms with van der Waals surface area (Å²) in [6.45, 7) is 5.19. The Balaban J connectivity index is 1.46. The van der Waals surface area contributed by atoms with Crippen molar-refractivity contribution in [2.24, 2.45) is 5.92 Å². The molecule has 0 aliphatic carbocycles. The topological polar surface area (TPSA) is 136 Å². The zero-order chi connectivity index (χ0) is 27.1. The van der Waals surface area contributed by atoms with Crippen molar-refractivity contribution in [3.8, 4) is 0 Å². The molecule has 0 spiro atoms. The summed E-state index contributed by atoms with van der Waals surface area (Å²) in [6.07, 6.45) is -0.322. The van der Waals surface area contributed by atoms with E-state index in [-0.39, 0.29) is 30.6 Å². The SMILES string of the molecule is CC(=O)O[C@@H](C)C(=O)NCc1ccc([C@@H]2O[C@H](CSc3ncn[nH]3)[C@H](C)[C@H](c3ccc(CO)cc3)O2)cc1. The van der Waals surface area contributed by atoms with Crippen molar-refractivity contribution in [1.29, 1.82) is 0 Å². The number of carbonyl (C=O) groups is 2. The molecule has 0 saturated carbocycles. The van der Waals surface area contributed by atoms with Gasteiger partial charge in [-0.2, -0.15) is 5.10 Å². The Labute approximate surface area is 225 Å². The highest BCUT2D eigenvalue weighted by atomic mass is 32.2. The number of hydrogen-bond acceptors (Lipinski definition) is 9. The minimum atomic E-state index is -0.854. The number of ether oxygens (including phenoxy) is 3. The molecule has 1 aliphatic heterocycles. The van der Waals surface area contributed by atoms with E-state index in [4.69, 9.17) is 14.2 Å². The predicted octanol–water partition coefficient (Wildman–Crippen LogP) is 3.45. The average Bonchev–Trinajstić information content (AvgIpc) is 3.45. The maximum atomic E-state index is 12.1. The first kappa shape index (κ1) is 27.8. The predicted molar refractivity (Wildman–Crippen MR) is 140 cm³/mol. The van der Waals surface area contributed by atoms with Crippen molar-refractivity contribution < 1.29 is 28.9 Å². The quantitative estimate of drug-likeness (QED) is 0.261. The van der Waals surface area contributed by atoms with Crippen molar-refractivity contribution >= 4 is 23.6 Å². The van der Waals surface area contributed by atoms with E-state index in [0.29, 0.717) is 12.3 Å². The Morgan fingerprint density at radius 3 is 2.42 bits per heavy atom. The van der Waals surface area contributed by atoms with Gasteiger partial charge in [-0.1, -0.05) is 67.2 Å². The van der Waals surface area contributed by atoms with Crippen molar-refractivity contribution in [3.05, 3.63) is 77.1 Å². The Bertz CT molecular complexity index is 1190. The van der Waals surface area contributed by atoms with E-state index in [1.54, 1.807) is 11.8 Å². The highest BCUT2D eigenvalue weighted by Gasteiger charge is 2.38. The van der Waals surface area contributed by atoms with Crippen molar-refractivity contribution in [3.63, 3.8) is 0 Å². The first-order chi connectivity index (χ1) is 18.3. The van der Waals surface area contributed by atoms with Crippen LogP contribution in [0.25, 0.3) is 0 Å². The number of aliphatic hydroxyl groups excluding tert-OH is 1. The van der Waals surface area contributed by atoms with Crippen LogP contribution in [0.2, 0.25) is 0 Å². The number of esters is 1. The first-order valence-corrected chi connectivity index (χ1v) is 13.3. The van der Waals surface area contributed by atoms with Gasteiger partial charge in [0.2, 0.25) is 0 Å². The van der Waals surface area contributed by atoms with Crippen LogP contribution in [-0.2, 0) is 37.0 Å². The normalized spacial score (nSPS) is 22.0. The van der Waals surface area contributed by atoms with Crippen LogP contribution in [0.4, 0.5) is 0 Å². The molecule has 1 amide bonds. The lowest BCUT2D eigenvalue weighted by Gasteiger charge is -2.41. The van der Waals surface area contributed by atoms with Crippen LogP contribution >= 0.6 is 11.8 Å². The van der Waals surface area contributed by atoms with E-state index >= 15 is 0 Å². The summed E-state index contributed by atoms with van der Waals surface area (Å²) in [5.41, 5.74) is 3.59. The number of H-pyrrole nitrogens is 1. The molecule has 11 heteroatoms. The summed E-state index contributed by atoms with van der Waals surface area (Å²) < 4.78 is 17.8. The number of hydrogen-bond donors (Lipinski definition) is 3. The maximum Gasteiger partial charge on any atom is 0.303 e. The highest BCUT2D eigenvalue weighted by Crippen LogP contribution is 2.42. The fourth-order valence-electron chi connectivity index (χ4n) is 4.16. The number of nitrogens with zero attached hydrogens (tertiary/aromatic N) is 2. The maximum absolute atomic E-state index is 12.1. The smallest absolute Gasteiger partial charge is 0.303 e. The van der Waals surface area contributed by atoms with Gasteiger partial charge in [0.25, 0.3) is 5.91 Å². The fourth-order valence-corrected chi connectivity index (χ4v) is 5.11. The average molecular weight is 541 g/mol. The minimum absolute atomic E-state index is 0.0149. The van der Waals surface area contributed by atoms with Gasteiger partial charge >= 0.3 is 5.97 Å². The third-order valence-electron chi connectivity index (χ3n) is 6.33. The molecule has 2 heterocycles. The van der Waals surface area contributed by atoms with E-state index < -0.39 is 18.4 Å². The van der Waals surface area contributed by atoms with Gasteiger partial charge in [-0.25, -0.2) is 4.98 Å². The molecule has 2 aromatic carbocycles. The monoisotopic (exact) mass is 540 g/mol. The molecule has 5 atom stereocenters. The van der Waals surface area contributed by atoms with Gasteiger partial charge in [-0.15, -0.1) is 0 Å². The fraction of sp³-hybridized carbons (Fsp3) is 0.407. The molecule has 1 aliphatic rings. The zero-order valence-electron chi connectivity index (χ0n) is 21.5. The molecule has 1 aromatic heterocycles. The number of thioether (sulfide) groups is 1. The molecule has 10 nitrogen and oxygen atoms in total. The molecule has 1 saturated heterocycles. The molecule has 4 rings (SSSR count). The van der Waals surface area contributed by atoms with Crippen LogP contribution in [0.1, 0.15) is 55.4 Å². The Hall–Kier alpha value is -3.25. The number of aromatic nitrogens is 3. The second kappa shape index (κ2) is 13.0. The lowest BCUT2D eigenvalue weighted by Crippen LogP contribution is -2.38. The van der Waals surface area contributed by atoms with E-state index in [9.17, 15) is 14.7 Å². The Morgan fingerprint density at radius 2 is 1.79 bits per heavy atom. The van der Waals surface area contributed by atoms with E-state index in [2.05, 4.69) is 27.4 Å². The van der Waals surface area contributed by atoms with Crippen LogP contribution in [0.3, 0.4) is 0 Å². The molecule has 0 unspecified atom stereocenters. The Morgan fingerprint density at radius 1 is 1.11 bits per heavy atom. The number of nitrogens with one attached hydrogen (secondary N) is 2. The summed E-state index contributed by atoms with van der Waals surface area (Å²) in [5.74, 6) is -0.153. The van der Waals surface area contributed by atoms with Gasteiger partial charge < -0.3 is 24.6 Å². The third-order valence-corrected chi connectivity index (χ3v) is 7.30. The highest BCUT2D eigenvalue weighted by molar-refractivity contribution is 7.99. The standard InChI is InChI=1S/C27H32N4O6S/c1-16-23(14-38-27-29-15-30-31-27)36-26(37-24(16)21-8-6-20(13-32)7-9-21)22-10-4-19(5-11-22)12-28-25(34)17(2)35-18(3)33/h4-11,15-17,23-24,26,32H,12-14H2,1-3H3,(H,28,34)(H,29,30,31)/t16-,17-,23+,24+,26+/m0/s1. The third kappa shape index (κ3) is 7.19. The van der Waals surface area contributed by atoms with Crippen LogP contribution in [0, 0.1) is 5.92 Å². The lowest BCUT2D eigenvalue weighted by atomic mass is 9.91. The summed E-state index contributed by atoms with van der Waals surface area (Å²) in [5, 5.41) is 19.7. The number of amides is 1. The first-order valence-electron chi connectivity index (χ1n) is 12.4. The zero-order valence-corrected chi connectivity index (χ0v) is 22.3. The minimum Gasteiger partial charge on any atom is -0.453 e. The molecule has 0 radical (unpaired) electrons. The van der Waals surface area contributed by atoms with E-state index in [0.717, 1.165) is 27.4 Å². The van der Waals surface area contributed by atoms with Gasteiger partial charge in [-0.3, -0.25) is 14.7 Å². The Kier molecular flexibility index (Phi) is 9.51. The van der Waals surface area contributed by atoms with Gasteiger partial charge in [-0.05, 0) is 23.6 Å². The van der Waals surface area contributed by atoms with Crippen molar-refractivity contribution in [1.82, 2.24) is 20.5 Å². The molecular weight excluding hydrogens is 508 g/mol. The second-order valence-electron chi connectivity index (χ2n) is 9.13. The lowest BCUT2D eigenvalue weighted by molar-refractivity contribution is -0.268. The van der Waals surface area contributed by atoms with Gasteiger partial charge in [0.1, 0.15) is 6.33 Å². The summed E-state index contributed by atoms with van der Waals surface area (Å²) in [7, 11) is 0. The number of rotatable bonds is 10. The van der Waals surface area contributed by atoms with Crippen LogP contribution in [0.15, 0.2) is 60.0 Å². The molecule has 3 N–H and O–H groups in total. The van der Waals surface area contributed by atoms with E-state index in [1.807, 2.05) is 48.5 Å². The number of carbonyl (C=O) groups excluding carboxylic acids is 2. The van der Waals surface area contributed by atoms with Crippen LogP contribution in [0.5, 0.6) is 0 Å². The largest absolute Gasteiger partial charge is 0.453 e. The molecule has 202 valence electrons. The van der Waals surface area contributed by atoms with Crippen LogP contribution in [-0.4, -0.2) is 50.1 Å². The van der Waals surface area contributed by atoms with Crippen molar-refractivity contribution in [2.75, 3.05) is 5.75 Å². The van der Waals surface area contributed by atoms with Gasteiger partial charge in [0, 0.05) is 30.7 Å². The molecule has 38 heavy (non-hydrogen) atoms. The molecular formula is C27H32N4O6S. The molecule has 1 fully saturated rings. The summed E-state index contributed by atoms with van der Waals surface area (Å²) >= 11 is 1.54. The van der Waals surface area contributed by atoms with E-state index in [1.165, 1.54) is 20.2 Å². The molecule has 0 bridgehead atoms. The summed E-state index contributed by atoms with van der Waals surface area (Å²) in [4.78, 5) is 27.4. The van der Waals surface area contributed by atoms with Crippen LogP contribution < -0.4 is 5.32 Å². The number of benzene rings is 2. The summed E-state index contributed by atoms with van der Waals surface area (Å²) in [6, 6.07) is 15.4. The number of aliphatic hydroxyl groups is 1. The van der Waals surface area contributed by atoms with Gasteiger partial charge in [0.05, 0.1) is 18.8 Å².